The summed E-state index contributed by atoms with van der Waals surface area (Å²) in [6.07, 6.45) is 4.27. The largest absolute Gasteiger partial charge is 0.494 e. The number of rotatable bonds is 7. The van der Waals surface area contributed by atoms with Crippen molar-refractivity contribution in [3.05, 3.63) is 109 Å². The van der Waals surface area contributed by atoms with Gasteiger partial charge < -0.3 is 19.6 Å². The molecule has 0 fully saturated rings. The third-order valence-corrected chi connectivity index (χ3v) is 5.28. The van der Waals surface area contributed by atoms with E-state index in [1.54, 1.807) is 12.2 Å². The highest BCUT2D eigenvalue weighted by Crippen LogP contribution is 2.15. The van der Waals surface area contributed by atoms with E-state index in [9.17, 15) is 9.59 Å². The van der Waals surface area contributed by atoms with E-state index in [2.05, 4.69) is 14.9 Å². The third kappa shape index (κ3) is 5.87. The molecule has 0 saturated heterocycles. The van der Waals surface area contributed by atoms with Crippen molar-refractivity contribution in [1.82, 2.24) is 14.9 Å². The van der Waals surface area contributed by atoms with E-state index in [-0.39, 0.29) is 21.8 Å². The Morgan fingerprint density at radius 3 is 2.06 bits per heavy atom. The van der Waals surface area contributed by atoms with Crippen LogP contribution in [0.5, 0.6) is 5.75 Å². The summed E-state index contributed by atoms with van der Waals surface area (Å²) in [7, 11) is 4.06. The van der Waals surface area contributed by atoms with Crippen LogP contribution in [0.1, 0.15) is 17.5 Å². The molecular weight excluding hydrogens is 414 g/mol. The zero-order valence-electron chi connectivity index (χ0n) is 18.8. The molecular formula is C27H27N3O3. The molecule has 3 aromatic carbocycles. The molecule has 0 unspecified atom stereocenters. The number of hydrogen-bond acceptors (Lipinski definition) is 4. The zero-order chi connectivity index (χ0) is 23.2. The van der Waals surface area contributed by atoms with Gasteiger partial charge in [0.25, 0.3) is 11.1 Å². The standard InChI is InChI=1S/C27H27N3O3/c1-30(2)14-5-15-33-23-12-9-19(10-13-23)17-24-26(31)29-25(27(32)28-24)18-20-8-11-21-6-3-4-7-22(21)16-20/h3-4,6-13,16-18H,5,14-15H2,1-2H3,(H,28,32)(H,29,31). The Morgan fingerprint density at radius 2 is 1.39 bits per heavy atom. The molecule has 1 heterocycles. The summed E-state index contributed by atoms with van der Waals surface area (Å²) < 4.78 is 5.73. The second-order valence-corrected chi connectivity index (χ2v) is 8.21. The fraction of sp³-hybridized carbons (Fsp3) is 0.185. The predicted molar refractivity (Wildman–Crippen MR) is 133 cm³/mol. The van der Waals surface area contributed by atoms with Crippen LogP contribution in [-0.4, -0.2) is 42.1 Å². The molecule has 0 amide bonds. The second kappa shape index (κ2) is 10.1. The monoisotopic (exact) mass is 441 g/mol. The molecule has 6 heteroatoms. The third-order valence-electron chi connectivity index (χ3n) is 5.28. The molecule has 4 rings (SSSR count). The van der Waals surface area contributed by atoms with E-state index in [0.29, 0.717) is 6.61 Å². The predicted octanol–water partition coefficient (Wildman–Crippen LogP) is 2.20. The number of aromatic nitrogens is 2. The summed E-state index contributed by atoms with van der Waals surface area (Å²) >= 11 is 0. The Hall–Kier alpha value is -3.90. The number of hydrogen-bond donors (Lipinski definition) is 2. The quantitative estimate of drug-likeness (QED) is 0.431. The van der Waals surface area contributed by atoms with Gasteiger partial charge in [0.05, 0.1) is 6.61 Å². The van der Waals surface area contributed by atoms with E-state index >= 15 is 0 Å². The first-order valence-corrected chi connectivity index (χ1v) is 10.9. The van der Waals surface area contributed by atoms with Gasteiger partial charge in [0, 0.05) is 6.54 Å². The van der Waals surface area contributed by atoms with Gasteiger partial charge in [-0.15, -0.1) is 0 Å². The number of benzene rings is 3. The van der Waals surface area contributed by atoms with Crippen LogP contribution >= 0.6 is 0 Å². The molecule has 0 aliphatic carbocycles. The Kier molecular flexibility index (Phi) is 6.86. The van der Waals surface area contributed by atoms with Crippen LogP contribution in [0.4, 0.5) is 0 Å². The molecule has 0 spiro atoms. The van der Waals surface area contributed by atoms with Gasteiger partial charge in [0.2, 0.25) is 0 Å². The van der Waals surface area contributed by atoms with Crippen molar-refractivity contribution in [1.29, 1.82) is 0 Å². The minimum Gasteiger partial charge on any atom is -0.494 e. The van der Waals surface area contributed by atoms with E-state index in [0.717, 1.165) is 40.6 Å². The Labute approximate surface area is 191 Å². The van der Waals surface area contributed by atoms with Gasteiger partial charge in [-0.3, -0.25) is 9.59 Å². The second-order valence-electron chi connectivity index (χ2n) is 8.21. The smallest absolute Gasteiger partial charge is 0.272 e. The summed E-state index contributed by atoms with van der Waals surface area (Å²) in [5.41, 5.74) is 0.927. The molecule has 0 bridgehead atoms. The number of nitrogens with zero attached hydrogens (tertiary/aromatic N) is 1. The van der Waals surface area contributed by atoms with Crippen molar-refractivity contribution in [2.45, 2.75) is 6.42 Å². The summed E-state index contributed by atoms with van der Waals surface area (Å²) in [4.78, 5) is 32.7. The maximum Gasteiger partial charge on any atom is 0.272 e. The Morgan fingerprint density at radius 1 is 0.788 bits per heavy atom. The average Bonchev–Trinajstić information content (AvgIpc) is 2.81. The van der Waals surface area contributed by atoms with Gasteiger partial charge in [-0.1, -0.05) is 48.5 Å². The molecule has 0 saturated carbocycles. The summed E-state index contributed by atoms with van der Waals surface area (Å²) in [6, 6.07) is 21.3. The highest BCUT2D eigenvalue weighted by molar-refractivity contribution is 5.84. The van der Waals surface area contributed by atoms with Crippen molar-refractivity contribution in [3.8, 4) is 5.75 Å². The molecule has 0 radical (unpaired) electrons. The van der Waals surface area contributed by atoms with E-state index in [1.807, 2.05) is 80.8 Å². The van der Waals surface area contributed by atoms with Crippen LogP contribution in [0.3, 0.4) is 0 Å². The van der Waals surface area contributed by atoms with Crippen molar-refractivity contribution >= 4 is 22.9 Å². The lowest BCUT2D eigenvalue weighted by Crippen LogP contribution is -2.46. The highest BCUT2D eigenvalue weighted by atomic mass is 16.5. The van der Waals surface area contributed by atoms with Gasteiger partial charge in [-0.05, 0) is 72.8 Å². The number of aromatic amines is 2. The lowest BCUT2D eigenvalue weighted by atomic mass is 10.1. The fourth-order valence-corrected chi connectivity index (χ4v) is 3.56. The summed E-state index contributed by atoms with van der Waals surface area (Å²) in [5.74, 6) is 0.772. The number of fused-ring (bicyclic) bond motifs is 1. The molecule has 2 N–H and O–H groups in total. The number of H-pyrrole nitrogens is 2. The molecule has 1 aromatic heterocycles. The van der Waals surface area contributed by atoms with Crippen molar-refractivity contribution in [2.24, 2.45) is 0 Å². The number of nitrogens with one attached hydrogen (secondary N) is 2. The first kappa shape index (κ1) is 22.3. The maximum absolute atomic E-state index is 12.6. The molecule has 0 aliphatic heterocycles. The van der Waals surface area contributed by atoms with Gasteiger partial charge in [-0.25, -0.2) is 0 Å². The van der Waals surface area contributed by atoms with E-state index in [1.165, 1.54) is 0 Å². The van der Waals surface area contributed by atoms with Crippen LogP contribution < -0.4 is 26.6 Å². The minimum absolute atomic E-state index is 0.204. The fourth-order valence-electron chi connectivity index (χ4n) is 3.56. The molecule has 168 valence electrons. The molecule has 0 aliphatic rings. The first-order chi connectivity index (χ1) is 16.0. The van der Waals surface area contributed by atoms with Crippen molar-refractivity contribution in [3.63, 3.8) is 0 Å². The summed E-state index contributed by atoms with van der Waals surface area (Å²) in [6.45, 7) is 1.61. The first-order valence-electron chi connectivity index (χ1n) is 10.9. The van der Waals surface area contributed by atoms with Crippen LogP contribution in [0, 0.1) is 0 Å². The van der Waals surface area contributed by atoms with Gasteiger partial charge in [-0.2, -0.15) is 0 Å². The Balaban J connectivity index is 1.56. The topological polar surface area (TPSA) is 78.2 Å². The minimum atomic E-state index is -0.356. The highest BCUT2D eigenvalue weighted by Gasteiger charge is 2.00. The van der Waals surface area contributed by atoms with Crippen LogP contribution in [0.15, 0.2) is 76.3 Å². The molecule has 4 aromatic rings. The van der Waals surface area contributed by atoms with E-state index in [4.69, 9.17) is 4.74 Å². The average molecular weight is 442 g/mol. The van der Waals surface area contributed by atoms with Crippen molar-refractivity contribution in [2.75, 3.05) is 27.2 Å². The molecule has 6 nitrogen and oxygen atoms in total. The number of ether oxygens (including phenoxy) is 1. The lowest BCUT2D eigenvalue weighted by molar-refractivity contribution is 0.281. The van der Waals surface area contributed by atoms with Gasteiger partial charge in [0.15, 0.2) is 0 Å². The molecule has 0 atom stereocenters. The van der Waals surface area contributed by atoms with Gasteiger partial charge in [0.1, 0.15) is 16.4 Å². The van der Waals surface area contributed by atoms with Crippen molar-refractivity contribution < 1.29 is 4.74 Å². The normalized spacial score (nSPS) is 12.6. The summed E-state index contributed by atoms with van der Waals surface area (Å²) in [5, 5.41) is 2.61. The van der Waals surface area contributed by atoms with Crippen LogP contribution in [0.2, 0.25) is 0 Å². The SMILES string of the molecule is CN(C)CCCOc1ccc(C=c2[nH]c(=O)c(=Cc3ccc4ccccc4c3)[nH]c2=O)cc1. The van der Waals surface area contributed by atoms with Gasteiger partial charge >= 0.3 is 0 Å². The molecule has 33 heavy (non-hydrogen) atoms. The lowest BCUT2D eigenvalue weighted by Gasteiger charge is -2.10. The van der Waals surface area contributed by atoms with Crippen LogP contribution in [0.25, 0.3) is 22.9 Å². The zero-order valence-corrected chi connectivity index (χ0v) is 18.8. The maximum atomic E-state index is 12.6. The Bertz CT molecular complexity index is 1480. The van der Waals surface area contributed by atoms with Crippen LogP contribution in [-0.2, 0) is 0 Å². The van der Waals surface area contributed by atoms with E-state index < -0.39 is 0 Å².